The van der Waals surface area contributed by atoms with Gasteiger partial charge in [0.15, 0.2) is 5.16 Å². The van der Waals surface area contributed by atoms with Gasteiger partial charge in [-0.15, -0.1) is 0 Å². The number of benzene rings is 2. The molecule has 4 amide bonds. The van der Waals surface area contributed by atoms with Gasteiger partial charge in [0.1, 0.15) is 5.54 Å². The first-order valence-electron chi connectivity index (χ1n) is 10.8. The van der Waals surface area contributed by atoms with Crippen molar-refractivity contribution in [2.75, 3.05) is 5.75 Å². The Hall–Kier alpha value is -3.66. The molecule has 1 aliphatic heterocycles. The van der Waals surface area contributed by atoms with Gasteiger partial charge >= 0.3 is 6.03 Å². The second kappa shape index (κ2) is 8.94. The first kappa shape index (κ1) is 23.5. The van der Waals surface area contributed by atoms with E-state index in [9.17, 15) is 19.2 Å². The normalized spacial score (nSPS) is 17.8. The lowest BCUT2D eigenvalue weighted by Gasteiger charge is -2.19. The Kier molecular flexibility index (Phi) is 6.18. The lowest BCUT2D eigenvalue weighted by molar-refractivity contribution is -0.137. The van der Waals surface area contributed by atoms with Crippen LogP contribution in [0.1, 0.15) is 31.4 Å². The minimum absolute atomic E-state index is 0.157. The number of fused-ring (bicyclic) bond motifs is 1. The number of aromatic nitrogens is 2. The van der Waals surface area contributed by atoms with Crippen LogP contribution >= 0.6 is 11.8 Å². The molecular formula is C24H25N5O4S. The Bertz CT molecular complexity index is 1370. The van der Waals surface area contributed by atoms with E-state index in [4.69, 9.17) is 0 Å². The topological polar surface area (TPSA) is 113 Å². The number of rotatable bonds is 6. The molecule has 3 aromatic rings. The predicted molar refractivity (Wildman–Crippen MR) is 130 cm³/mol. The summed E-state index contributed by atoms with van der Waals surface area (Å²) in [6.07, 6.45) is 0.391. The van der Waals surface area contributed by atoms with Crippen molar-refractivity contribution in [1.82, 2.24) is 25.3 Å². The van der Waals surface area contributed by atoms with Crippen LogP contribution in [-0.4, -0.2) is 43.7 Å². The molecule has 34 heavy (non-hydrogen) atoms. The molecule has 10 heteroatoms. The first-order valence-corrected chi connectivity index (χ1v) is 11.8. The molecule has 9 nitrogen and oxygen atoms in total. The summed E-state index contributed by atoms with van der Waals surface area (Å²) in [5.74, 6) is -1.24. The van der Waals surface area contributed by atoms with Crippen molar-refractivity contribution in [2.45, 2.75) is 44.8 Å². The van der Waals surface area contributed by atoms with Gasteiger partial charge in [-0.1, -0.05) is 36.9 Å². The molecule has 1 aliphatic rings. The molecule has 176 valence electrons. The summed E-state index contributed by atoms with van der Waals surface area (Å²) < 4.78 is 1.49. The lowest BCUT2D eigenvalue weighted by Crippen LogP contribution is -2.49. The number of imide groups is 1. The number of aryl methyl sites for hydroxylation is 2. The molecule has 1 aromatic heterocycles. The number of urea groups is 1. The number of nitrogens with zero attached hydrogens (tertiary/aromatic N) is 3. The molecule has 0 bridgehead atoms. The fraction of sp³-hybridized carbons (Fsp3) is 0.292. The van der Waals surface area contributed by atoms with Gasteiger partial charge in [-0.3, -0.25) is 24.4 Å². The molecule has 2 heterocycles. The SMILES string of the molecule is CCC1(C)NC(=O)N(NC(=O)CSc2nc3ccccc3c(=O)n2-c2cc(C)cc(C)c2)C1=O. The maximum atomic E-state index is 13.4. The molecule has 2 N–H and O–H groups in total. The van der Waals surface area contributed by atoms with Gasteiger partial charge in [0, 0.05) is 0 Å². The number of hydrogen-bond acceptors (Lipinski definition) is 6. The van der Waals surface area contributed by atoms with Crippen molar-refractivity contribution in [1.29, 1.82) is 0 Å². The number of amides is 4. The van der Waals surface area contributed by atoms with Crippen LogP contribution in [0.3, 0.4) is 0 Å². The third-order valence-corrected chi connectivity index (χ3v) is 6.69. The summed E-state index contributed by atoms with van der Waals surface area (Å²) in [5, 5.41) is 4.09. The van der Waals surface area contributed by atoms with Crippen LogP contribution in [-0.2, 0) is 9.59 Å². The number of hydrazine groups is 1. The van der Waals surface area contributed by atoms with Gasteiger partial charge in [0.05, 0.1) is 22.3 Å². The molecule has 0 saturated carbocycles. The Morgan fingerprint density at radius 2 is 1.79 bits per heavy atom. The zero-order chi connectivity index (χ0) is 24.6. The second-order valence-electron chi connectivity index (χ2n) is 8.48. The third kappa shape index (κ3) is 4.28. The van der Waals surface area contributed by atoms with E-state index in [0.717, 1.165) is 22.9 Å². The third-order valence-electron chi connectivity index (χ3n) is 5.75. The van der Waals surface area contributed by atoms with Gasteiger partial charge in [-0.2, -0.15) is 5.01 Å². The zero-order valence-electron chi connectivity index (χ0n) is 19.3. The predicted octanol–water partition coefficient (Wildman–Crippen LogP) is 2.85. The number of carbonyl (C=O) groups excluding carboxylic acids is 3. The molecule has 0 aliphatic carbocycles. The van der Waals surface area contributed by atoms with E-state index < -0.39 is 23.4 Å². The van der Waals surface area contributed by atoms with Gasteiger partial charge in [0.2, 0.25) is 5.91 Å². The van der Waals surface area contributed by atoms with Crippen molar-refractivity contribution in [3.63, 3.8) is 0 Å². The van der Waals surface area contributed by atoms with Crippen molar-refractivity contribution >= 4 is 40.5 Å². The summed E-state index contributed by atoms with van der Waals surface area (Å²) in [5.41, 5.74) is 4.21. The van der Waals surface area contributed by atoms with E-state index in [-0.39, 0.29) is 11.3 Å². The van der Waals surface area contributed by atoms with Crippen molar-refractivity contribution in [3.05, 3.63) is 63.9 Å². The van der Waals surface area contributed by atoms with Crippen molar-refractivity contribution < 1.29 is 14.4 Å². The maximum absolute atomic E-state index is 13.4. The summed E-state index contributed by atoms with van der Waals surface area (Å²) in [7, 11) is 0. The van der Waals surface area contributed by atoms with Crippen LogP contribution in [0.4, 0.5) is 4.79 Å². The van der Waals surface area contributed by atoms with E-state index in [1.807, 2.05) is 32.0 Å². The summed E-state index contributed by atoms with van der Waals surface area (Å²) in [6, 6.07) is 12.1. The Balaban J connectivity index is 1.64. The molecule has 1 atom stereocenters. The van der Waals surface area contributed by atoms with Crippen LogP contribution in [0.15, 0.2) is 52.4 Å². The first-order chi connectivity index (χ1) is 16.1. The molecule has 0 spiro atoms. The summed E-state index contributed by atoms with van der Waals surface area (Å²) in [4.78, 5) is 55.4. The number of thioether (sulfide) groups is 1. The number of hydrogen-bond donors (Lipinski definition) is 2. The highest BCUT2D eigenvalue weighted by atomic mass is 32.2. The fourth-order valence-corrected chi connectivity index (χ4v) is 4.63. The van der Waals surface area contributed by atoms with E-state index in [1.165, 1.54) is 4.57 Å². The highest BCUT2D eigenvalue weighted by molar-refractivity contribution is 7.99. The summed E-state index contributed by atoms with van der Waals surface area (Å²) >= 11 is 1.05. The van der Waals surface area contributed by atoms with Gasteiger partial charge in [-0.05, 0) is 62.6 Å². The number of carbonyl (C=O) groups is 3. The van der Waals surface area contributed by atoms with E-state index in [1.54, 1.807) is 38.1 Å². The van der Waals surface area contributed by atoms with Gasteiger partial charge < -0.3 is 5.32 Å². The molecule has 0 radical (unpaired) electrons. The average Bonchev–Trinajstić information content (AvgIpc) is 3.00. The van der Waals surface area contributed by atoms with Gasteiger partial charge in [-0.25, -0.2) is 9.78 Å². The van der Waals surface area contributed by atoms with Crippen LogP contribution in [0, 0.1) is 13.8 Å². The average molecular weight is 480 g/mol. The smallest absolute Gasteiger partial charge is 0.322 e. The van der Waals surface area contributed by atoms with Gasteiger partial charge in [0.25, 0.3) is 11.5 Å². The van der Waals surface area contributed by atoms with Crippen molar-refractivity contribution in [2.24, 2.45) is 0 Å². The molecule has 1 unspecified atom stereocenters. The Morgan fingerprint density at radius 1 is 1.12 bits per heavy atom. The molecule has 1 saturated heterocycles. The fourth-order valence-electron chi connectivity index (χ4n) is 3.83. The van der Waals surface area contributed by atoms with E-state index in [0.29, 0.717) is 33.2 Å². The molecule has 2 aromatic carbocycles. The summed E-state index contributed by atoms with van der Waals surface area (Å²) in [6.45, 7) is 7.27. The quantitative estimate of drug-likeness (QED) is 0.319. The largest absolute Gasteiger partial charge is 0.344 e. The molecule has 1 fully saturated rings. The van der Waals surface area contributed by atoms with Crippen molar-refractivity contribution in [3.8, 4) is 5.69 Å². The van der Waals surface area contributed by atoms with Crippen LogP contribution in [0.5, 0.6) is 0 Å². The Morgan fingerprint density at radius 3 is 2.44 bits per heavy atom. The zero-order valence-corrected chi connectivity index (χ0v) is 20.2. The molecular weight excluding hydrogens is 454 g/mol. The minimum Gasteiger partial charge on any atom is -0.322 e. The Labute approximate surface area is 200 Å². The standard InChI is InChI=1S/C24H25N5O4S/c1-5-24(4)21(32)29(22(33)26-24)27-19(30)13-34-23-25-18-9-7-6-8-17(18)20(31)28(23)16-11-14(2)10-15(3)12-16/h6-12H,5,13H2,1-4H3,(H,26,33)(H,27,30). The van der Waals surface area contributed by atoms with Crippen LogP contribution < -0.4 is 16.3 Å². The lowest BCUT2D eigenvalue weighted by atomic mass is 10.00. The highest BCUT2D eigenvalue weighted by Gasteiger charge is 2.47. The van der Waals surface area contributed by atoms with Crippen LogP contribution in [0.2, 0.25) is 0 Å². The monoisotopic (exact) mass is 479 g/mol. The minimum atomic E-state index is -1.05. The van der Waals surface area contributed by atoms with Crippen LogP contribution in [0.25, 0.3) is 16.6 Å². The number of para-hydroxylation sites is 1. The number of nitrogens with one attached hydrogen (secondary N) is 2. The maximum Gasteiger partial charge on any atom is 0.344 e. The second-order valence-corrected chi connectivity index (χ2v) is 9.42. The van der Waals surface area contributed by atoms with E-state index >= 15 is 0 Å². The highest BCUT2D eigenvalue weighted by Crippen LogP contribution is 2.23. The van der Waals surface area contributed by atoms with E-state index in [2.05, 4.69) is 15.7 Å². The molecule has 4 rings (SSSR count).